The van der Waals surface area contributed by atoms with Gasteiger partial charge in [-0.15, -0.1) is 11.3 Å². The molecule has 0 fully saturated rings. The number of aromatic nitrogens is 1. The van der Waals surface area contributed by atoms with Gasteiger partial charge in [-0.2, -0.15) is 0 Å². The molecule has 0 aliphatic carbocycles. The summed E-state index contributed by atoms with van der Waals surface area (Å²) in [5.41, 5.74) is 7.59. The lowest BCUT2D eigenvalue weighted by atomic mass is 10.1. The van der Waals surface area contributed by atoms with Crippen LogP contribution in [-0.2, 0) is 25.5 Å². The van der Waals surface area contributed by atoms with Crippen molar-refractivity contribution in [3.8, 4) is 10.6 Å². The number of amides is 2. The smallest absolute Gasteiger partial charge is 0.312 e. The van der Waals surface area contributed by atoms with Crippen molar-refractivity contribution in [1.82, 2.24) is 10.3 Å². The van der Waals surface area contributed by atoms with Gasteiger partial charge in [0.2, 0.25) is 5.91 Å². The molecule has 7 nitrogen and oxygen atoms in total. The molecule has 8 heteroatoms. The third kappa shape index (κ3) is 5.47. The van der Waals surface area contributed by atoms with Crippen LogP contribution >= 0.6 is 11.3 Å². The van der Waals surface area contributed by atoms with E-state index in [-0.39, 0.29) is 13.0 Å². The molecular formula is C16H17N3O4S. The highest BCUT2D eigenvalue weighted by Crippen LogP contribution is 2.24. The van der Waals surface area contributed by atoms with E-state index in [1.807, 2.05) is 31.2 Å². The number of carbonyl (C=O) groups excluding carboxylic acids is 3. The van der Waals surface area contributed by atoms with Gasteiger partial charge in [0.05, 0.1) is 18.7 Å². The lowest BCUT2D eigenvalue weighted by Crippen LogP contribution is -2.36. The molecule has 0 aliphatic heterocycles. The summed E-state index contributed by atoms with van der Waals surface area (Å²) in [7, 11) is 0. The average molecular weight is 347 g/mol. The highest BCUT2D eigenvalue weighted by Gasteiger charge is 2.12. The number of esters is 1. The summed E-state index contributed by atoms with van der Waals surface area (Å²) in [6.07, 6.45) is -0.0224. The molecule has 0 spiro atoms. The Hall–Kier alpha value is -2.74. The van der Waals surface area contributed by atoms with Gasteiger partial charge in [0, 0.05) is 10.9 Å². The first-order valence-corrected chi connectivity index (χ1v) is 8.04. The van der Waals surface area contributed by atoms with Crippen LogP contribution in [0.5, 0.6) is 0 Å². The maximum atomic E-state index is 11.7. The zero-order valence-electron chi connectivity index (χ0n) is 13.1. The van der Waals surface area contributed by atoms with Crippen molar-refractivity contribution in [2.45, 2.75) is 13.3 Å². The Morgan fingerprint density at radius 2 is 2.12 bits per heavy atom. The fourth-order valence-corrected chi connectivity index (χ4v) is 2.70. The van der Waals surface area contributed by atoms with Crippen molar-refractivity contribution >= 4 is 29.1 Å². The van der Waals surface area contributed by atoms with Crippen LogP contribution < -0.4 is 11.1 Å². The molecule has 126 valence electrons. The number of ether oxygens (including phenoxy) is 1. The van der Waals surface area contributed by atoms with Crippen LogP contribution in [0.15, 0.2) is 29.6 Å². The molecule has 24 heavy (non-hydrogen) atoms. The molecule has 0 radical (unpaired) electrons. The molecule has 2 amide bonds. The third-order valence-corrected chi connectivity index (χ3v) is 3.91. The molecule has 0 aliphatic rings. The van der Waals surface area contributed by atoms with Crippen LogP contribution in [0.25, 0.3) is 10.6 Å². The van der Waals surface area contributed by atoms with Gasteiger partial charge in [-0.05, 0) is 13.0 Å². The second-order valence-corrected chi connectivity index (χ2v) is 5.95. The third-order valence-electron chi connectivity index (χ3n) is 2.97. The van der Waals surface area contributed by atoms with E-state index in [4.69, 9.17) is 10.5 Å². The zero-order chi connectivity index (χ0) is 17.5. The molecular weight excluding hydrogens is 330 g/mol. The van der Waals surface area contributed by atoms with Crippen molar-refractivity contribution < 1.29 is 19.1 Å². The summed E-state index contributed by atoms with van der Waals surface area (Å²) in [5.74, 6) is -1.81. The van der Waals surface area contributed by atoms with Crippen LogP contribution in [-0.4, -0.2) is 35.9 Å². The molecule has 0 saturated heterocycles. The van der Waals surface area contributed by atoms with Gasteiger partial charge in [-0.25, -0.2) is 4.98 Å². The number of hydrogen-bond donors (Lipinski definition) is 2. The van der Waals surface area contributed by atoms with E-state index in [2.05, 4.69) is 10.3 Å². The van der Waals surface area contributed by atoms with Crippen molar-refractivity contribution in [1.29, 1.82) is 0 Å². The van der Waals surface area contributed by atoms with Crippen LogP contribution in [0.2, 0.25) is 0 Å². The predicted molar refractivity (Wildman–Crippen MR) is 89.2 cm³/mol. The number of benzene rings is 1. The molecule has 0 bridgehead atoms. The fraction of sp³-hybridized carbons (Fsp3) is 0.250. The minimum absolute atomic E-state index is 0.0224. The summed E-state index contributed by atoms with van der Waals surface area (Å²) in [4.78, 5) is 38.0. The van der Waals surface area contributed by atoms with Gasteiger partial charge < -0.3 is 15.8 Å². The summed E-state index contributed by atoms with van der Waals surface area (Å²) in [6.45, 7) is 1.25. The second-order valence-electron chi connectivity index (χ2n) is 5.09. The fourth-order valence-electron chi connectivity index (χ4n) is 1.88. The molecule has 1 aromatic carbocycles. The number of nitrogens with two attached hydrogens (primary N) is 1. The lowest BCUT2D eigenvalue weighted by molar-refractivity contribution is -0.148. The lowest BCUT2D eigenvalue weighted by Gasteiger charge is -2.04. The van der Waals surface area contributed by atoms with Gasteiger partial charge in [0.25, 0.3) is 5.91 Å². The maximum Gasteiger partial charge on any atom is 0.312 e. The minimum atomic E-state index is -0.666. The van der Waals surface area contributed by atoms with Crippen molar-refractivity contribution in [3.05, 3.63) is 40.9 Å². The topological polar surface area (TPSA) is 111 Å². The SMILES string of the molecule is Cc1cccc(-c2nc(CC(=O)OCC(=O)NCC(N)=O)cs2)c1. The number of rotatable bonds is 7. The standard InChI is InChI=1S/C16H17N3O4S/c1-10-3-2-4-11(5-10)16-19-12(9-24-16)6-15(22)23-8-14(21)18-7-13(17)20/h2-5,9H,6-8H2,1H3,(H2,17,20)(H,18,21). The number of carbonyl (C=O) groups is 3. The second kappa shape index (κ2) is 8.21. The Kier molecular flexibility index (Phi) is 6.02. The van der Waals surface area contributed by atoms with Crippen LogP contribution in [0.3, 0.4) is 0 Å². The number of nitrogens with zero attached hydrogens (tertiary/aromatic N) is 1. The molecule has 1 heterocycles. The monoisotopic (exact) mass is 347 g/mol. The Morgan fingerprint density at radius 1 is 1.33 bits per heavy atom. The highest BCUT2D eigenvalue weighted by molar-refractivity contribution is 7.13. The summed E-state index contributed by atoms with van der Waals surface area (Å²) >= 11 is 1.44. The first kappa shape index (κ1) is 17.6. The van der Waals surface area contributed by atoms with Gasteiger partial charge in [0.1, 0.15) is 5.01 Å². The molecule has 0 unspecified atom stereocenters. The quantitative estimate of drug-likeness (QED) is 0.720. The predicted octanol–water partition coefficient (Wildman–Crippen LogP) is 0.806. The number of nitrogens with one attached hydrogen (secondary N) is 1. The highest BCUT2D eigenvalue weighted by atomic mass is 32.1. The zero-order valence-corrected chi connectivity index (χ0v) is 13.9. The molecule has 0 saturated carbocycles. The van der Waals surface area contributed by atoms with Crippen LogP contribution in [0, 0.1) is 6.92 Å². The number of primary amides is 1. The van der Waals surface area contributed by atoms with E-state index >= 15 is 0 Å². The van der Waals surface area contributed by atoms with E-state index in [1.54, 1.807) is 5.38 Å². The number of hydrogen-bond acceptors (Lipinski definition) is 6. The van der Waals surface area contributed by atoms with E-state index in [0.717, 1.165) is 16.1 Å². The first-order chi connectivity index (χ1) is 11.4. The largest absolute Gasteiger partial charge is 0.455 e. The van der Waals surface area contributed by atoms with Crippen LogP contribution in [0.4, 0.5) is 0 Å². The normalized spacial score (nSPS) is 10.2. The molecule has 2 rings (SSSR count). The Balaban J connectivity index is 1.84. The Bertz CT molecular complexity index is 757. The summed E-state index contributed by atoms with van der Waals surface area (Å²) in [5, 5.41) is 4.83. The van der Waals surface area contributed by atoms with Gasteiger partial charge in [-0.3, -0.25) is 14.4 Å². The van der Waals surface area contributed by atoms with Crippen LogP contribution in [0.1, 0.15) is 11.3 Å². The van der Waals surface area contributed by atoms with Crippen molar-refractivity contribution in [3.63, 3.8) is 0 Å². The van der Waals surface area contributed by atoms with E-state index in [0.29, 0.717) is 5.69 Å². The summed E-state index contributed by atoms with van der Waals surface area (Å²) in [6, 6.07) is 7.92. The van der Waals surface area contributed by atoms with E-state index in [1.165, 1.54) is 11.3 Å². The number of aryl methyl sites for hydroxylation is 1. The summed E-state index contributed by atoms with van der Waals surface area (Å²) < 4.78 is 4.84. The molecule has 0 atom stereocenters. The van der Waals surface area contributed by atoms with Gasteiger partial charge in [0.15, 0.2) is 6.61 Å². The molecule has 1 aromatic heterocycles. The Morgan fingerprint density at radius 3 is 2.83 bits per heavy atom. The van der Waals surface area contributed by atoms with E-state index < -0.39 is 24.4 Å². The van der Waals surface area contributed by atoms with E-state index in [9.17, 15) is 14.4 Å². The van der Waals surface area contributed by atoms with Crippen molar-refractivity contribution in [2.24, 2.45) is 5.73 Å². The average Bonchev–Trinajstić information content (AvgIpc) is 2.99. The number of thiazole rings is 1. The Labute approximate surface area is 142 Å². The molecule has 2 aromatic rings. The minimum Gasteiger partial charge on any atom is -0.455 e. The van der Waals surface area contributed by atoms with Gasteiger partial charge >= 0.3 is 5.97 Å². The van der Waals surface area contributed by atoms with Gasteiger partial charge in [-0.1, -0.05) is 23.8 Å². The van der Waals surface area contributed by atoms with Crippen molar-refractivity contribution in [2.75, 3.05) is 13.2 Å². The maximum absolute atomic E-state index is 11.7. The molecule has 3 N–H and O–H groups in total. The first-order valence-electron chi connectivity index (χ1n) is 7.16.